The van der Waals surface area contributed by atoms with Crippen molar-refractivity contribution in [3.8, 4) is 16.9 Å². The van der Waals surface area contributed by atoms with Gasteiger partial charge in [-0.3, -0.25) is 4.72 Å². The highest BCUT2D eigenvalue weighted by atomic mass is 32.2. The summed E-state index contributed by atoms with van der Waals surface area (Å²) < 4.78 is 90.8. The van der Waals surface area contributed by atoms with Gasteiger partial charge in [-0.25, -0.2) is 22.0 Å². The Morgan fingerprint density at radius 1 is 0.774 bits per heavy atom. The molecule has 31 heavy (non-hydrogen) atoms. The predicted molar refractivity (Wildman–Crippen MR) is 107 cm³/mol. The van der Waals surface area contributed by atoms with Crippen LogP contribution >= 0.6 is 0 Å². The number of alkyl halides is 3. The van der Waals surface area contributed by atoms with Gasteiger partial charge in [-0.2, -0.15) is 0 Å². The van der Waals surface area contributed by atoms with E-state index in [4.69, 9.17) is 5.14 Å². The van der Waals surface area contributed by atoms with E-state index in [1.807, 2.05) is 0 Å². The van der Waals surface area contributed by atoms with Gasteiger partial charge in [0.2, 0.25) is 10.0 Å². The summed E-state index contributed by atoms with van der Waals surface area (Å²) in [5, 5.41) is 5.04. The smallest absolute Gasteiger partial charge is 0.406 e. The van der Waals surface area contributed by atoms with Crippen molar-refractivity contribution in [2.45, 2.75) is 16.2 Å². The number of halogens is 3. The molecule has 0 fully saturated rings. The van der Waals surface area contributed by atoms with Crippen molar-refractivity contribution in [3.05, 3.63) is 72.8 Å². The van der Waals surface area contributed by atoms with Crippen LogP contribution in [-0.4, -0.2) is 23.2 Å². The fourth-order valence-electron chi connectivity index (χ4n) is 2.63. The normalized spacial score (nSPS) is 12.4. The Hall–Kier alpha value is -3.09. The predicted octanol–water partition coefficient (Wildman–Crippen LogP) is 3.70. The Morgan fingerprint density at radius 3 is 1.84 bits per heavy atom. The Bertz CT molecular complexity index is 1290. The minimum atomic E-state index is -4.79. The number of benzene rings is 3. The molecule has 0 aromatic heterocycles. The van der Waals surface area contributed by atoms with Crippen LogP contribution < -0.4 is 14.6 Å². The topological polar surface area (TPSA) is 116 Å². The van der Waals surface area contributed by atoms with Crippen molar-refractivity contribution in [1.82, 2.24) is 0 Å². The second-order valence-corrected chi connectivity index (χ2v) is 9.52. The zero-order chi connectivity index (χ0) is 22.9. The summed E-state index contributed by atoms with van der Waals surface area (Å²) in [5.41, 5.74) is 1.12. The first-order chi connectivity index (χ1) is 14.3. The zero-order valence-corrected chi connectivity index (χ0v) is 17.1. The molecule has 164 valence electrons. The molecule has 0 bridgehead atoms. The summed E-state index contributed by atoms with van der Waals surface area (Å²) in [5.74, 6) is -0.374. The van der Waals surface area contributed by atoms with Crippen molar-refractivity contribution < 1.29 is 34.7 Å². The fourth-order valence-corrected chi connectivity index (χ4v) is 4.24. The number of primary sulfonamides is 1. The van der Waals surface area contributed by atoms with E-state index in [1.165, 1.54) is 54.6 Å². The van der Waals surface area contributed by atoms with E-state index < -0.39 is 26.4 Å². The molecule has 3 N–H and O–H groups in total. The maximum absolute atomic E-state index is 12.6. The molecule has 0 aliphatic rings. The summed E-state index contributed by atoms with van der Waals surface area (Å²) in [4.78, 5) is -0.352. The maximum Gasteiger partial charge on any atom is 0.573 e. The Morgan fingerprint density at radius 2 is 1.32 bits per heavy atom. The number of hydrogen-bond acceptors (Lipinski definition) is 5. The molecule has 0 radical (unpaired) electrons. The second-order valence-electron chi connectivity index (χ2n) is 6.27. The summed E-state index contributed by atoms with van der Waals surface area (Å²) in [6, 6.07) is 15.7. The Labute approximate surface area is 176 Å². The van der Waals surface area contributed by atoms with Gasteiger partial charge in [0.05, 0.1) is 15.5 Å². The molecule has 0 saturated carbocycles. The van der Waals surface area contributed by atoms with Gasteiger partial charge in [0, 0.05) is 0 Å². The molecule has 0 saturated heterocycles. The van der Waals surface area contributed by atoms with E-state index in [0.717, 1.165) is 18.2 Å². The molecule has 3 aromatic rings. The van der Waals surface area contributed by atoms with Crippen LogP contribution in [0.5, 0.6) is 5.75 Å². The molecule has 0 amide bonds. The fraction of sp³-hybridized carbons (Fsp3) is 0.0526. The van der Waals surface area contributed by atoms with Crippen LogP contribution in [0.25, 0.3) is 11.1 Å². The monoisotopic (exact) mass is 472 g/mol. The molecule has 0 unspecified atom stereocenters. The molecule has 7 nitrogen and oxygen atoms in total. The first-order valence-corrected chi connectivity index (χ1v) is 11.5. The first-order valence-electron chi connectivity index (χ1n) is 8.45. The van der Waals surface area contributed by atoms with E-state index in [1.54, 1.807) is 0 Å². The molecule has 0 heterocycles. The van der Waals surface area contributed by atoms with E-state index >= 15 is 0 Å². The summed E-state index contributed by atoms with van der Waals surface area (Å²) in [6.07, 6.45) is -4.79. The van der Waals surface area contributed by atoms with Crippen molar-refractivity contribution >= 4 is 25.7 Å². The van der Waals surface area contributed by atoms with E-state index in [2.05, 4.69) is 9.46 Å². The summed E-state index contributed by atoms with van der Waals surface area (Å²) in [6.45, 7) is 0. The highest BCUT2D eigenvalue weighted by Crippen LogP contribution is 2.27. The van der Waals surface area contributed by atoms with Crippen LogP contribution in [0.1, 0.15) is 0 Å². The third kappa shape index (κ3) is 5.96. The Balaban J connectivity index is 1.79. The number of hydrogen-bond donors (Lipinski definition) is 2. The molecule has 12 heteroatoms. The van der Waals surface area contributed by atoms with Crippen LogP contribution in [0.15, 0.2) is 82.6 Å². The lowest BCUT2D eigenvalue weighted by Crippen LogP contribution is -2.16. The Kier molecular flexibility index (Phi) is 5.98. The highest BCUT2D eigenvalue weighted by molar-refractivity contribution is 7.92. The van der Waals surface area contributed by atoms with E-state index in [0.29, 0.717) is 11.1 Å². The lowest BCUT2D eigenvalue weighted by molar-refractivity contribution is -0.274. The first kappa shape index (κ1) is 22.6. The number of ether oxygens (including phenoxy) is 1. The number of anilines is 1. The molecule has 0 atom stereocenters. The van der Waals surface area contributed by atoms with Gasteiger partial charge in [0.15, 0.2) is 0 Å². The molecular weight excluding hydrogens is 457 g/mol. The third-order valence-electron chi connectivity index (χ3n) is 4.00. The van der Waals surface area contributed by atoms with Gasteiger partial charge >= 0.3 is 6.36 Å². The van der Waals surface area contributed by atoms with Crippen LogP contribution in [0, 0.1) is 0 Å². The van der Waals surface area contributed by atoms with Crippen molar-refractivity contribution in [1.29, 1.82) is 0 Å². The van der Waals surface area contributed by atoms with Crippen LogP contribution in [0.3, 0.4) is 0 Å². The number of rotatable bonds is 6. The standard InChI is InChI=1S/C19H15F3N2O5S2/c20-19(21,22)29-16-8-4-13(5-9-16)14-6-10-17(11-7-14)31(27,28)24-15-2-1-3-18(12-15)30(23,25)26/h1-12,24H,(H2,23,25,26). The van der Waals surface area contributed by atoms with E-state index in [9.17, 15) is 30.0 Å². The van der Waals surface area contributed by atoms with Gasteiger partial charge in [0.1, 0.15) is 5.75 Å². The van der Waals surface area contributed by atoms with Crippen LogP contribution in [-0.2, 0) is 20.0 Å². The molecule has 0 aliphatic carbocycles. The molecule has 0 aliphatic heterocycles. The van der Waals surface area contributed by atoms with Gasteiger partial charge in [-0.05, 0) is 53.6 Å². The van der Waals surface area contributed by atoms with Gasteiger partial charge < -0.3 is 4.74 Å². The van der Waals surface area contributed by atoms with E-state index in [-0.39, 0.29) is 21.2 Å². The molecular formula is C19H15F3N2O5S2. The SMILES string of the molecule is NS(=O)(=O)c1cccc(NS(=O)(=O)c2ccc(-c3ccc(OC(F)(F)F)cc3)cc2)c1. The minimum absolute atomic E-state index is 0.0101. The van der Waals surface area contributed by atoms with Gasteiger partial charge in [-0.1, -0.05) is 30.3 Å². The highest BCUT2D eigenvalue weighted by Gasteiger charge is 2.31. The van der Waals surface area contributed by atoms with Crippen LogP contribution in [0.2, 0.25) is 0 Å². The number of nitrogens with two attached hydrogens (primary N) is 1. The molecule has 0 spiro atoms. The number of nitrogens with one attached hydrogen (secondary N) is 1. The summed E-state index contributed by atoms with van der Waals surface area (Å²) in [7, 11) is -8.03. The average Bonchev–Trinajstić information content (AvgIpc) is 2.67. The quantitative estimate of drug-likeness (QED) is 0.568. The number of sulfonamides is 2. The van der Waals surface area contributed by atoms with Gasteiger partial charge in [0.25, 0.3) is 10.0 Å². The van der Waals surface area contributed by atoms with Gasteiger partial charge in [-0.15, -0.1) is 13.2 Å². The maximum atomic E-state index is 12.6. The van der Waals surface area contributed by atoms with Crippen molar-refractivity contribution in [3.63, 3.8) is 0 Å². The average molecular weight is 472 g/mol. The minimum Gasteiger partial charge on any atom is -0.406 e. The second kappa shape index (κ2) is 8.21. The van der Waals surface area contributed by atoms with Crippen molar-refractivity contribution in [2.24, 2.45) is 5.14 Å². The molecule has 3 aromatic carbocycles. The van der Waals surface area contributed by atoms with Crippen molar-refractivity contribution in [2.75, 3.05) is 4.72 Å². The summed E-state index contributed by atoms with van der Waals surface area (Å²) >= 11 is 0. The lowest BCUT2D eigenvalue weighted by atomic mass is 10.1. The third-order valence-corrected chi connectivity index (χ3v) is 6.31. The largest absolute Gasteiger partial charge is 0.573 e. The lowest BCUT2D eigenvalue weighted by Gasteiger charge is -2.11. The zero-order valence-electron chi connectivity index (χ0n) is 15.5. The van der Waals surface area contributed by atoms with Crippen LogP contribution in [0.4, 0.5) is 18.9 Å². The molecule has 3 rings (SSSR count).